The Kier molecular flexibility index (Phi) is 10.2. The number of hydrogen-bond acceptors (Lipinski definition) is 5. The van der Waals surface area contributed by atoms with Gasteiger partial charge in [0.1, 0.15) is 23.4 Å². The fraction of sp³-hybridized carbons (Fsp3) is 0.640. The van der Waals surface area contributed by atoms with Crippen molar-refractivity contribution in [2.75, 3.05) is 6.54 Å². The van der Waals surface area contributed by atoms with E-state index >= 15 is 0 Å². The quantitative estimate of drug-likeness (QED) is 0.449. The third-order valence-corrected chi connectivity index (χ3v) is 5.40. The van der Waals surface area contributed by atoms with E-state index in [1.165, 1.54) is 17.0 Å². The van der Waals surface area contributed by atoms with Crippen molar-refractivity contribution in [3.63, 3.8) is 0 Å². The van der Waals surface area contributed by atoms with Gasteiger partial charge in [-0.1, -0.05) is 32.4 Å². The normalized spacial score (nSPS) is 13.6. The number of aromatic hydroxyl groups is 1. The molecule has 0 saturated carbocycles. The van der Waals surface area contributed by atoms with Crippen LogP contribution in [0, 0.1) is 0 Å². The zero-order chi connectivity index (χ0) is 25.4. The molecule has 8 heteroatoms. The van der Waals surface area contributed by atoms with Gasteiger partial charge in [0, 0.05) is 12.1 Å². The molecule has 33 heavy (non-hydrogen) atoms. The number of ether oxygens (including phenoxy) is 1. The molecule has 2 unspecified atom stereocenters. The van der Waals surface area contributed by atoms with Crippen molar-refractivity contribution >= 4 is 17.9 Å². The average Bonchev–Trinajstić information content (AvgIpc) is 2.70. The first-order chi connectivity index (χ1) is 15.2. The molecule has 2 atom stereocenters. The topological polar surface area (TPSA) is 108 Å². The lowest BCUT2D eigenvalue weighted by Gasteiger charge is -2.44. The van der Waals surface area contributed by atoms with Crippen molar-refractivity contribution in [2.45, 2.75) is 97.9 Å². The van der Waals surface area contributed by atoms with Gasteiger partial charge in [-0.25, -0.2) is 4.79 Å². The van der Waals surface area contributed by atoms with Crippen molar-refractivity contribution < 1.29 is 24.2 Å². The molecule has 0 radical (unpaired) electrons. The van der Waals surface area contributed by atoms with Crippen LogP contribution in [0.25, 0.3) is 0 Å². The Bertz CT molecular complexity index is 799. The van der Waals surface area contributed by atoms with Crippen LogP contribution < -0.4 is 10.6 Å². The minimum atomic E-state index is -0.937. The standard InChI is InChI=1S/C25H41N3O5/c1-9-11-16-26-21(30)20(18-12-14-19(29)15-13-18)28(25(7,8)10-2)22(31)17(3)27-23(32)33-24(4,5)6/h12-15,17,20,29H,9-11,16H2,1-8H3,(H,26,30)(H,27,32). The highest BCUT2D eigenvalue weighted by atomic mass is 16.6. The predicted octanol–water partition coefficient (Wildman–Crippen LogP) is 4.28. The minimum absolute atomic E-state index is 0.0662. The van der Waals surface area contributed by atoms with Gasteiger partial charge in [0.2, 0.25) is 11.8 Å². The minimum Gasteiger partial charge on any atom is -0.508 e. The van der Waals surface area contributed by atoms with E-state index in [1.807, 2.05) is 27.7 Å². The first kappa shape index (κ1) is 28.3. The number of unbranched alkanes of at least 4 members (excludes halogenated alkanes) is 1. The molecule has 1 rings (SSSR count). The maximum absolute atomic E-state index is 13.7. The van der Waals surface area contributed by atoms with Gasteiger partial charge < -0.3 is 25.4 Å². The Morgan fingerprint density at radius 3 is 2.12 bits per heavy atom. The lowest BCUT2D eigenvalue weighted by atomic mass is 9.92. The third-order valence-electron chi connectivity index (χ3n) is 5.40. The van der Waals surface area contributed by atoms with E-state index < -0.39 is 35.2 Å². The molecule has 0 aromatic heterocycles. The molecule has 1 aromatic rings. The molecule has 0 heterocycles. The van der Waals surface area contributed by atoms with E-state index in [4.69, 9.17) is 4.74 Å². The Morgan fingerprint density at radius 2 is 1.64 bits per heavy atom. The van der Waals surface area contributed by atoms with Gasteiger partial charge >= 0.3 is 6.09 Å². The van der Waals surface area contributed by atoms with E-state index in [0.717, 1.165) is 12.8 Å². The van der Waals surface area contributed by atoms with Crippen molar-refractivity contribution in [3.8, 4) is 5.75 Å². The Hall–Kier alpha value is -2.77. The molecular weight excluding hydrogens is 422 g/mol. The van der Waals surface area contributed by atoms with E-state index in [2.05, 4.69) is 10.6 Å². The number of alkyl carbamates (subject to hydrolysis) is 1. The van der Waals surface area contributed by atoms with Crippen LogP contribution in [0.3, 0.4) is 0 Å². The fourth-order valence-electron chi connectivity index (χ4n) is 3.26. The number of carbonyl (C=O) groups is 3. The summed E-state index contributed by atoms with van der Waals surface area (Å²) >= 11 is 0. The number of phenols is 1. The number of carbonyl (C=O) groups excluding carboxylic acids is 3. The second-order valence-corrected chi connectivity index (χ2v) is 9.88. The molecule has 3 N–H and O–H groups in total. The molecule has 1 aromatic carbocycles. The van der Waals surface area contributed by atoms with Gasteiger partial charge in [-0.3, -0.25) is 9.59 Å². The molecule has 0 aliphatic heterocycles. The molecular formula is C25H41N3O5. The summed E-state index contributed by atoms with van der Waals surface area (Å²) in [6.45, 7) is 15.0. The number of phenolic OH excluding ortho intramolecular Hbond substituents is 1. The van der Waals surface area contributed by atoms with Gasteiger partial charge in [0.05, 0.1) is 0 Å². The molecule has 0 spiro atoms. The lowest BCUT2D eigenvalue weighted by Crippen LogP contribution is -2.58. The van der Waals surface area contributed by atoms with Gasteiger partial charge in [-0.2, -0.15) is 0 Å². The Morgan fingerprint density at radius 1 is 1.06 bits per heavy atom. The zero-order valence-electron chi connectivity index (χ0n) is 21.3. The number of nitrogens with one attached hydrogen (secondary N) is 2. The SMILES string of the molecule is CCCCNC(=O)C(c1ccc(O)cc1)N(C(=O)C(C)NC(=O)OC(C)(C)C)C(C)(C)CC. The van der Waals surface area contributed by atoms with Gasteiger partial charge in [0.25, 0.3) is 0 Å². The highest BCUT2D eigenvalue weighted by molar-refractivity contribution is 5.92. The van der Waals surface area contributed by atoms with Crippen LogP contribution in [-0.4, -0.2) is 51.6 Å². The van der Waals surface area contributed by atoms with Crippen LogP contribution in [0.5, 0.6) is 5.75 Å². The summed E-state index contributed by atoms with van der Waals surface area (Å²) in [6.07, 6.45) is 1.61. The maximum atomic E-state index is 13.7. The van der Waals surface area contributed by atoms with E-state index in [9.17, 15) is 19.5 Å². The van der Waals surface area contributed by atoms with Gasteiger partial charge in [-0.15, -0.1) is 0 Å². The van der Waals surface area contributed by atoms with Gasteiger partial charge in [0.15, 0.2) is 0 Å². The summed E-state index contributed by atoms with van der Waals surface area (Å²) < 4.78 is 5.29. The number of rotatable bonds is 10. The van der Waals surface area contributed by atoms with Crippen molar-refractivity contribution in [1.82, 2.24) is 15.5 Å². The highest BCUT2D eigenvalue weighted by Gasteiger charge is 2.42. The summed E-state index contributed by atoms with van der Waals surface area (Å²) in [5.74, 6) is -0.651. The zero-order valence-corrected chi connectivity index (χ0v) is 21.3. The van der Waals surface area contributed by atoms with Crippen LogP contribution in [0.4, 0.5) is 4.79 Å². The number of nitrogens with zero attached hydrogens (tertiary/aromatic N) is 1. The van der Waals surface area contributed by atoms with Crippen LogP contribution in [-0.2, 0) is 14.3 Å². The summed E-state index contributed by atoms with van der Waals surface area (Å²) in [6, 6.07) is 4.40. The molecule has 0 bridgehead atoms. The highest BCUT2D eigenvalue weighted by Crippen LogP contribution is 2.32. The second-order valence-electron chi connectivity index (χ2n) is 9.88. The summed E-state index contributed by atoms with van der Waals surface area (Å²) in [4.78, 5) is 40.9. The lowest BCUT2D eigenvalue weighted by molar-refractivity contribution is -0.149. The summed E-state index contributed by atoms with van der Waals surface area (Å²) in [7, 11) is 0. The summed E-state index contributed by atoms with van der Waals surface area (Å²) in [5.41, 5.74) is -0.838. The van der Waals surface area contributed by atoms with Gasteiger partial charge in [-0.05, 0) is 72.1 Å². The Labute approximate surface area is 198 Å². The molecule has 8 nitrogen and oxygen atoms in total. The van der Waals surface area contributed by atoms with Crippen molar-refractivity contribution in [1.29, 1.82) is 0 Å². The molecule has 0 aliphatic rings. The van der Waals surface area contributed by atoms with Crippen LogP contribution >= 0.6 is 0 Å². The maximum Gasteiger partial charge on any atom is 0.408 e. The first-order valence-corrected chi connectivity index (χ1v) is 11.6. The molecule has 3 amide bonds. The Balaban J connectivity index is 3.38. The second kappa shape index (κ2) is 11.9. The van der Waals surface area contributed by atoms with Crippen LogP contribution in [0.2, 0.25) is 0 Å². The smallest absolute Gasteiger partial charge is 0.408 e. The van der Waals surface area contributed by atoms with E-state index in [0.29, 0.717) is 18.5 Å². The molecule has 186 valence electrons. The molecule has 0 saturated heterocycles. The number of hydrogen-bond donors (Lipinski definition) is 3. The van der Waals surface area contributed by atoms with Crippen molar-refractivity contribution in [3.05, 3.63) is 29.8 Å². The third kappa shape index (κ3) is 8.59. The molecule has 0 aliphatic carbocycles. The number of amides is 3. The fourth-order valence-corrected chi connectivity index (χ4v) is 3.26. The predicted molar refractivity (Wildman–Crippen MR) is 129 cm³/mol. The number of benzene rings is 1. The van der Waals surface area contributed by atoms with E-state index in [-0.39, 0.29) is 11.7 Å². The molecule has 0 fully saturated rings. The van der Waals surface area contributed by atoms with Crippen molar-refractivity contribution in [2.24, 2.45) is 0 Å². The monoisotopic (exact) mass is 463 g/mol. The van der Waals surface area contributed by atoms with E-state index in [1.54, 1.807) is 39.8 Å². The summed E-state index contributed by atoms with van der Waals surface area (Å²) in [5, 5.41) is 15.3. The van der Waals surface area contributed by atoms with Crippen LogP contribution in [0.1, 0.15) is 86.3 Å². The average molecular weight is 464 g/mol. The largest absolute Gasteiger partial charge is 0.508 e. The van der Waals surface area contributed by atoms with Crippen LogP contribution in [0.15, 0.2) is 24.3 Å². The first-order valence-electron chi connectivity index (χ1n) is 11.6.